The summed E-state index contributed by atoms with van der Waals surface area (Å²) in [6, 6.07) is 1.92. The zero-order valence-electron chi connectivity index (χ0n) is 8.77. The van der Waals surface area contributed by atoms with Crippen molar-refractivity contribution in [2.24, 2.45) is 0 Å². The maximum absolute atomic E-state index is 11.2. The van der Waals surface area contributed by atoms with Crippen LogP contribution >= 0.6 is 0 Å². The average Bonchev–Trinajstić information content (AvgIpc) is 2.20. The summed E-state index contributed by atoms with van der Waals surface area (Å²) in [5.74, 6) is 2.46. The number of pyridine rings is 1. The van der Waals surface area contributed by atoms with Gasteiger partial charge in [0.15, 0.2) is 0 Å². The molecular formula is C10H15N3OS. The van der Waals surface area contributed by atoms with Crippen LogP contribution in [0.25, 0.3) is 0 Å². The number of aryl methyl sites for hydroxylation is 1. The van der Waals surface area contributed by atoms with Gasteiger partial charge in [0.05, 0.1) is 11.9 Å². The minimum absolute atomic E-state index is 0.640. The molecule has 0 amide bonds. The van der Waals surface area contributed by atoms with Crippen LogP contribution in [0.1, 0.15) is 5.56 Å². The monoisotopic (exact) mass is 225 g/mol. The second-order valence-corrected chi connectivity index (χ2v) is 5.44. The molecule has 1 aromatic heterocycles. The molecule has 2 heterocycles. The van der Waals surface area contributed by atoms with Crippen molar-refractivity contribution in [3.8, 4) is 0 Å². The minimum Gasteiger partial charge on any atom is -0.397 e. The topological polar surface area (TPSA) is 59.2 Å². The summed E-state index contributed by atoms with van der Waals surface area (Å²) in [7, 11) is -0.640. The molecule has 0 atom stereocenters. The molecular weight excluding hydrogens is 210 g/mol. The van der Waals surface area contributed by atoms with Gasteiger partial charge in [-0.05, 0) is 18.6 Å². The van der Waals surface area contributed by atoms with Crippen LogP contribution in [0.4, 0.5) is 11.5 Å². The van der Waals surface area contributed by atoms with Crippen LogP contribution in [0, 0.1) is 6.92 Å². The largest absolute Gasteiger partial charge is 0.397 e. The van der Waals surface area contributed by atoms with Gasteiger partial charge in [0.2, 0.25) is 0 Å². The van der Waals surface area contributed by atoms with Gasteiger partial charge in [0.1, 0.15) is 5.82 Å². The first-order chi connectivity index (χ1) is 7.16. The van der Waals surface area contributed by atoms with E-state index in [1.54, 1.807) is 6.20 Å². The molecule has 1 aliphatic heterocycles. The fourth-order valence-electron chi connectivity index (χ4n) is 1.77. The van der Waals surface area contributed by atoms with E-state index in [-0.39, 0.29) is 0 Å². The van der Waals surface area contributed by atoms with E-state index in [1.165, 1.54) is 0 Å². The zero-order valence-corrected chi connectivity index (χ0v) is 9.59. The Kier molecular flexibility index (Phi) is 2.90. The molecule has 0 aromatic carbocycles. The summed E-state index contributed by atoms with van der Waals surface area (Å²) in [6.45, 7) is 3.65. The summed E-state index contributed by atoms with van der Waals surface area (Å²) in [4.78, 5) is 6.51. The summed E-state index contributed by atoms with van der Waals surface area (Å²) < 4.78 is 11.2. The van der Waals surface area contributed by atoms with Crippen molar-refractivity contribution < 1.29 is 4.21 Å². The molecule has 1 aromatic rings. The minimum atomic E-state index is -0.640. The van der Waals surface area contributed by atoms with E-state index in [0.29, 0.717) is 5.69 Å². The molecule has 0 spiro atoms. The smallest absolute Gasteiger partial charge is 0.131 e. The molecule has 0 bridgehead atoms. The van der Waals surface area contributed by atoms with Crippen LogP contribution in [-0.2, 0) is 10.8 Å². The third kappa shape index (κ3) is 2.28. The van der Waals surface area contributed by atoms with Crippen molar-refractivity contribution >= 4 is 22.3 Å². The van der Waals surface area contributed by atoms with Gasteiger partial charge in [0, 0.05) is 35.4 Å². The van der Waals surface area contributed by atoms with Gasteiger partial charge in [-0.3, -0.25) is 4.21 Å². The first-order valence-corrected chi connectivity index (χ1v) is 6.47. The van der Waals surface area contributed by atoms with E-state index < -0.39 is 10.8 Å². The maximum atomic E-state index is 11.2. The number of rotatable bonds is 1. The molecule has 1 fully saturated rings. The molecule has 1 aliphatic rings. The van der Waals surface area contributed by atoms with Crippen LogP contribution in [0.15, 0.2) is 12.3 Å². The van der Waals surface area contributed by atoms with Crippen LogP contribution < -0.4 is 10.6 Å². The Morgan fingerprint density at radius 2 is 2.13 bits per heavy atom. The number of aromatic nitrogens is 1. The van der Waals surface area contributed by atoms with Gasteiger partial charge in [-0.1, -0.05) is 0 Å². The van der Waals surface area contributed by atoms with Crippen LogP contribution in [0.2, 0.25) is 0 Å². The van der Waals surface area contributed by atoms with Gasteiger partial charge in [0.25, 0.3) is 0 Å². The van der Waals surface area contributed by atoms with Gasteiger partial charge < -0.3 is 10.6 Å². The highest BCUT2D eigenvalue weighted by Crippen LogP contribution is 2.19. The lowest BCUT2D eigenvalue weighted by Gasteiger charge is -2.28. The van der Waals surface area contributed by atoms with Gasteiger partial charge in [-0.25, -0.2) is 4.98 Å². The molecule has 4 nitrogen and oxygen atoms in total. The van der Waals surface area contributed by atoms with E-state index in [9.17, 15) is 4.21 Å². The van der Waals surface area contributed by atoms with E-state index >= 15 is 0 Å². The highest BCUT2D eigenvalue weighted by Gasteiger charge is 2.17. The molecule has 0 saturated carbocycles. The molecule has 15 heavy (non-hydrogen) atoms. The maximum Gasteiger partial charge on any atom is 0.131 e. The quantitative estimate of drug-likeness (QED) is 0.758. The normalized spacial score (nSPS) is 18.1. The number of anilines is 2. The van der Waals surface area contributed by atoms with Crippen molar-refractivity contribution in [1.29, 1.82) is 0 Å². The molecule has 0 unspecified atom stereocenters. The number of hydrogen-bond donors (Lipinski definition) is 1. The Bertz CT molecular complexity index is 384. The Balaban J connectivity index is 2.19. The van der Waals surface area contributed by atoms with Crippen molar-refractivity contribution in [3.63, 3.8) is 0 Å². The first-order valence-electron chi connectivity index (χ1n) is 4.99. The van der Waals surface area contributed by atoms with E-state index in [2.05, 4.69) is 9.88 Å². The molecule has 1 saturated heterocycles. The Morgan fingerprint density at radius 1 is 1.47 bits per heavy atom. The lowest BCUT2D eigenvalue weighted by atomic mass is 10.2. The van der Waals surface area contributed by atoms with E-state index in [4.69, 9.17) is 5.73 Å². The fraction of sp³-hybridized carbons (Fsp3) is 0.500. The number of nitrogens with zero attached hydrogens (tertiary/aromatic N) is 2. The third-order valence-electron chi connectivity index (χ3n) is 2.55. The second kappa shape index (κ2) is 4.18. The van der Waals surface area contributed by atoms with Crippen molar-refractivity contribution in [2.75, 3.05) is 35.2 Å². The van der Waals surface area contributed by atoms with Crippen LogP contribution in [-0.4, -0.2) is 33.8 Å². The lowest BCUT2D eigenvalue weighted by Crippen LogP contribution is -2.38. The summed E-state index contributed by atoms with van der Waals surface area (Å²) >= 11 is 0. The van der Waals surface area contributed by atoms with Gasteiger partial charge in [-0.2, -0.15) is 0 Å². The number of hydrogen-bond acceptors (Lipinski definition) is 4. The molecule has 82 valence electrons. The molecule has 5 heteroatoms. The third-order valence-corrected chi connectivity index (χ3v) is 3.82. The Labute approximate surface area is 91.9 Å². The summed E-state index contributed by atoms with van der Waals surface area (Å²) in [5, 5.41) is 0. The van der Waals surface area contributed by atoms with Gasteiger partial charge in [-0.15, -0.1) is 0 Å². The molecule has 0 aliphatic carbocycles. The number of nitrogen functional groups attached to an aromatic ring is 1. The van der Waals surface area contributed by atoms with Gasteiger partial charge >= 0.3 is 0 Å². The fourth-order valence-corrected chi connectivity index (χ4v) is 2.82. The summed E-state index contributed by atoms with van der Waals surface area (Å²) in [5.41, 5.74) is 7.43. The van der Waals surface area contributed by atoms with E-state index in [1.807, 2.05) is 13.0 Å². The summed E-state index contributed by atoms with van der Waals surface area (Å²) in [6.07, 6.45) is 1.67. The van der Waals surface area contributed by atoms with Crippen LogP contribution in [0.5, 0.6) is 0 Å². The second-order valence-electron chi connectivity index (χ2n) is 3.74. The predicted molar refractivity (Wildman–Crippen MR) is 63.5 cm³/mol. The Hall–Kier alpha value is -1.10. The highest BCUT2D eigenvalue weighted by atomic mass is 32.2. The average molecular weight is 225 g/mol. The lowest BCUT2D eigenvalue weighted by molar-refractivity contribution is 0.672. The van der Waals surface area contributed by atoms with Crippen molar-refractivity contribution in [2.45, 2.75) is 6.92 Å². The molecule has 0 radical (unpaired) electrons. The molecule has 2 rings (SSSR count). The Morgan fingerprint density at radius 3 is 2.73 bits per heavy atom. The SMILES string of the molecule is Cc1cc(N)cnc1N1CCS(=O)CC1. The van der Waals surface area contributed by atoms with E-state index in [0.717, 1.165) is 36.0 Å². The number of nitrogens with two attached hydrogens (primary N) is 1. The predicted octanol–water partition coefficient (Wildman–Crippen LogP) is 0.541. The first kappa shape index (κ1) is 10.4. The van der Waals surface area contributed by atoms with Crippen molar-refractivity contribution in [1.82, 2.24) is 4.98 Å². The van der Waals surface area contributed by atoms with Crippen LogP contribution in [0.3, 0.4) is 0 Å². The highest BCUT2D eigenvalue weighted by molar-refractivity contribution is 7.85. The zero-order chi connectivity index (χ0) is 10.8. The standard InChI is InChI=1S/C10H15N3OS/c1-8-6-9(11)7-12-10(8)13-2-4-15(14)5-3-13/h6-7H,2-5,11H2,1H3. The molecule has 2 N–H and O–H groups in total. The van der Waals surface area contributed by atoms with Crippen molar-refractivity contribution in [3.05, 3.63) is 17.8 Å².